The number of H-pyrrole nitrogens is 1. The molecule has 18 heavy (non-hydrogen) atoms. The maximum Gasteiger partial charge on any atom is 0.329 e. The smallest absolute Gasteiger partial charge is 0.329 e. The Kier molecular flexibility index (Phi) is 3.40. The fraction of sp³-hybridized carbons (Fsp3) is 0.455. The first-order valence-electron chi connectivity index (χ1n) is 5.53. The van der Waals surface area contributed by atoms with E-state index in [-0.39, 0.29) is 31.1 Å². The molecule has 0 bridgehead atoms. The van der Waals surface area contributed by atoms with Crippen molar-refractivity contribution in [2.24, 2.45) is 0 Å². The summed E-state index contributed by atoms with van der Waals surface area (Å²) in [6.07, 6.45) is 3.49. The van der Waals surface area contributed by atoms with E-state index < -0.39 is 12.0 Å². The van der Waals surface area contributed by atoms with Crippen LogP contribution in [0.2, 0.25) is 0 Å². The Morgan fingerprint density at radius 2 is 2.17 bits per heavy atom. The standard InChI is InChI=1S/C11H13N3O4/c1-18-11(17)8(4-7-5-12-6-13-7)14-9(15)2-3-10(14)16/h5-6,8H,2-4H2,1H3,(H,12,13). The monoisotopic (exact) mass is 251 g/mol. The highest BCUT2D eigenvalue weighted by atomic mass is 16.5. The quantitative estimate of drug-likeness (QED) is 0.583. The van der Waals surface area contributed by atoms with Gasteiger partial charge in [0.25, 0.3) is 0 Å². The van der Waals surface area contributed by atoms with E-state index in [9.17, 15) is 14.4 Å². The fourth-order valence-electron chi connectivity index (χ4n) is 1.96. The first kappa shape index (κ1) is 12.3. The van der Waals surface area contributed by atoms with Crippen molar-refractivity contribution in [1.29, 1.82) is 0 Å². The first-order chi connectivity index (χ1) is 8.63. The molecule has 1 atom stereocenters. The number of amides is 2. The van der Waals surface area contributed by atoms with E-state index in [0.29, 0.717) is 5.69 Å². The molecule has 1 aliphatic heterocycles. The number of aromatic amines is 1. The molecule has 1 saturated heterocycles. The van der Waals surface area contributed by atoms with Gasteiger partial charge in [0.1, 0.15) is 6.04 Å². The average Bonchev–Trinajstić information content (AvgIpc) is 2.97. The highest BCUT2D eigenvalue weighted by Gasteiger charge is 2.39. The molecule has 7 heteroatoms. The van der Waals surface area contributed by atoms with Crippen LogP contribution in [0.15, 0.2) is 12.5 Å². The van der Waals surface area contributed by atoms with Crippen LogP contribution >= 0.6 is 0 Å². The largest absolute Gasteiger partial charge is 0.467 e. The van der Waals surface area contributed by atoms with Gasteiger partial charge in [0.2, 0.25) is 11.8 Å². The van der Waals surface area contributed by atoms with Gasteiger partial charge in [-0.3, -0.25) is 14.5 Å². The van der Waals surface area contributed by atoms with Gasteiger partial charge in [0.15, 0.2) is 0 Å². The van der Waals surface area contributed by atoms with Crippen molar-refractivity contribution < 1.29 is 19.1 Å². The van der Waals surface area contributed by atoms with E-state index in [1.54, 1.807) is 6.20 Å². The molecule has 2 rings (SSSR count). The molecular formula is C11H13N3O4. The summed E-state index contributed by atoms with van der Waals surface area (Å²) >= 11 is 0. The van der Waals surface area contributed by atoms with E-state index in [1.165, 1.54) is 13.4 Å². The number of nitrogens with one attached hydrogen (secondary N) is 1. The number of ether oxygens (including phenoxy) is 1. The molecule has 1 unspecified atom stereocenters. The molecule has 0 radical (unpaired) electrons. The molecule has 0 spiro atoms. The van der Waals surface area contributed by atoms with Gasteiger partial charge in [-0.05, 0) is 0 Å². The van der Waals surface area contributed by atoms with Crippen molar-refractivity contribution >= 4 is 17.8 Å². The molecule has 96 valence electrons. The lowest BCUT2D eigenvalue weighted by Gasteiger charge is -2.23. The summed E-state index contributed by atoms with van der Waals surface area (Å²) in [7, 11) is 1.23. The predicted octanol–water partition coefficient (Wildman–Crippen LogP) is -0.357. The van der Waals surface area contributed by atoms with Gasteiger partial charge in [-0.25, -0.2) is 9.78 Å². The molecule has 2 amide bonds. The summed E-state index contributed by atoms with van der Waals surface area (Å²) in [6.45, 7) is 0. The lowest BCUT2D eigenvalue weighted by atomic mass is 10.1. The van der Waals surface area contributed by atoms with Gasteiger partial charge < -0.3 is 9.72 Å². The van der Waals surface area contributed by atoms with Crippen molar-refractivity contribution in [2.75, 3.05) is 7.11 Å². The number of likely N-dealkylation sites (tertiary alicyclic amines) is 1. The Morgan fingerprint density at radius 1 is 1.50 bits per heavy atom. The number of hydrogen-bond donors (Lipinski definition) is 1. The third-order valence-electron chi connectivity index (χ3n) is 2.84. The summed E-state index contributed by atoms with van der Waals surface area (Å²) in [5, 5.41) is 0. The maximum atomic E-state index is 11.7. The number of imidazole rings is 1. The SMILES string of the molecule is COC(=O)C(Cc1cnc[nH]1)N1C(=O)CCC1=O. The molecule has 1 aliphatic rings. The topological polar surface area (TPSA) is 92.4 Å². The second-order valence-corrected chi connectivity index (χ2v) is 3.98. The minimum atomic E-state index is -0.919. The van der Waals surface area contributed by atoms with Crippen molar-refractivity contribution in [2.45, 2.75) is 25.3 Å². The van der Waals surface area contributed by atoms with Gasteiger partial charge in [-0.1, -0.05) is 0 Å². The zero-order valence-electron chi connectivity index (χ0n) is 9.88. The Labute approximate surface area is 103 Å². The number of methoxy groups -OCH3 is 1. The molecule has 0 aromatic carbocycles. The summed E-state index contributed by atoms with van der Waals surface area (Å²) in [5.74, 6) is -1.28. The van der Waals surface area contributed by atoms with Gasteiger partial charge in [-0.2, -0.15) is 0 Å². The number of rotatable bonds is 4. The highest BCUT2D eigenvalue weighted by molar-refractivity contribution is 6.05. The van der Waals surface area contributed by atoms with Gasteiger partial charge >= 0.3 is 5.97 Å². The van der Waals surface area contributed by atoms with Crippen molar-refractivity contribution in [3.8, 4) is 0 Å². The van der Waals surface area contributed by atoms with Gasteiger partial charge in [-0.15, -0.1) is 0 Å². The summed E-state index contributed by atoms with van der Waals surface area (Å²) in [6, 6.07) is -0.919. The molecule has 0 saturated carbocycles. The second kappa shape index (κ2) is 4.99. The van der Waals surface area contributed by atoms with E-state index >= 15 is 0 Å². The number of hydrogen-bond acceptors (Lipinski definition) is 5. The van der Waals surface area contributed by atoms with E-state index in [0.717, 1.165) is 4.90 Å². The van der Waals surface area contributed by atoms with Crippen molar-refractivity contribution in [1.82, 2.24) is 14.9 Å². The summed E-state index contributed by atoms with van der Waals surface area (Å²) < 4.78 is 4.65. The Bertz CT molecular complexity index is 453. The zero-order valence-corrected chi connectivity index (χ0v) is 9.88. The van der Waals surface area contributed by atoms with Crippen LogP contribution in [-0.4, -0.2) is 45.8 Å². The zero-order chi connectivity index (χ0) is 13.1. The van der Waals surface area contributed by atoms with Crippen LogP contribution in [0.5, 0.6) is 0 Å². The summed E-state index contributed by atoms with van der Waals surface area (Å²) in [4.78, 5) is 42.7. The van der Waals surface area contributed by atoms with E-state index in [2.05, 4.69) is 14.7 Å². The minimum absolute atomic E-state index is 0.148. The van der Waals surface area contributed by atoms with Crippen LogP contribution in [0.3, 0.4) is 0 Å². The van der Waals surface area contributed by atoms with E-state index in [4.69, 9.17) is 0 Å². The Morgan fingerprint density at radius 3 is 2.67 bits per heavy atom. The molecule has 1 aromatic heterocycles. The number of nitrogens with zero attached hydrogens (tertiary/aromatic N) is 2. The van der Waals surface area contributed by atoms with Crippen LogP contribution in [-0.2, 0) is 25.5 Å². The van der Waals surface area contributed by atoms with Crippen molar-refractivity contribution in [3.05, 3.63) is 18.2 Å². The Hall–Kier alpha value is -2.18. The molecule has 1 aromatic rings. The number of carbonyl (C=O) groups excluding carboxylic acids is 3. The molecule has 1 fully saturated rings. The Balaban J connectivity index is 2.22. The minimum Gasteiger partial charge on any atom is -0.467 e. The molecule has 0 aliphatic carbocycles. The summed E-state index contributed by atoms with van der Waals surface area (Å²) in [5.41, 5.74) is 0.665. The average molecular weight is 251 g/mol. The van der Waals surface area contributed by atoms with Crippen LogP contribution in [0, 0.1) is 0 Å². The highest BCUT2D eigenvalue weighted by Crippen LogP contribution is 2.18. The molecular weight excluding hydrogens is 238 g/mol. The van der Waals surface area contributed by atoms with Gasteiger partial charge in [0, 0.05) is 31.2 Å². The predicted molar refractivity (Wildman–Crippen MR) is 59.2 cm³/mol. The van der Waals surface area contributed by atoms with Crippen LogP contribution in [0.1, 0.15) is 18.5 Å². The lowest BCUT2D eigenvalue weighted by Crippen LogP contribution is -2.46. The second-order valence-electron chi connectivity index (χ2n) is 3.98. The number of imide groups is 1. The lowest BCUT2D eigenvalue weighted by molar-refractivity contribution is -0.156. The third kappa shape index (κ3) is 2.24. The number of aromatic nitrogens is 2. The number of esters is 1. The normalized spacial score (nSPS) is 17.1. The van der Waals surface area contributed by atoms with Crippen LogP contribution in [0.4, 0.5) is 0 Å². The first-order valence-corrected chi connectivity index (χ1v) is 5.53. The maximum absolute atomic E-state index is 11.7. The molecule has 1 N–H and O–H groups in total. The van der Waals surface area contributed by atoms with E-state index in [1.807, 2.05) is 0 Å². The fourth-order valence-corrected chi connectivity index (χ4v) is 1.96. The van der Waals surface area contributed by atoms with Crippen molar-refractivity contribution in [3.63, 3.8) is 0 Å². The number of carbonyl (C=O) groups is 3. The molecule has 7 nitrogen and oxygen atoms in total. The van der Waals surface area contributed by atoms with Gasteiger partial charge in [0.05, 0.1) is 13.4 Å². The molecule has 2 heterocycles. The third-order valence-corrected chi connectivity index (χ3v) is 2.84. The van der Waals surface area contributed by atoms with Crippen LogP contribution in [0.25, 0.3) is 0 Å². The van der Waals surface area contributed by atoms with Crippen LogP contribution < -0.4 is 0 Å².